The quantitative estimate of drug-likeness (QED) is 0.677. The van der Waals surface area contributed by atoms with E-state index in [0.717, 1.165) is 22.2 Å². The monoisotopic (exact) mass is 337 g/mol. The molecule has 1 aromatic heterocycles. The largest absolute Gasteiger partial charge is 0.506 e. The highest BCUT2D eigenvalue weighted by Crippen LogP contribution is 2.41. The van der Waals surface area contributed by atoms with Crippen LogP contribution in [0.15, 0.2) is 30.3 Å². The van der Waals surface area contributed by atoms with Crippen molar-refractivity contribution in [3.63, 3.8) is 0 Å². The minimum absolute atomic E-state index is 0.0532. The summed E-state index contributed by atoms with van der Waals surface area (Å²) in [6.07, 6.45) is 0. The lowest BCUT2D eigenvalue weighted by Gasteiger charge is -2.31. The molecule has 4 heteroatoms. The van der Waals surface area contributed by atoms with E-state index in [1.807, 2.05) is 30.3 Å². The maximum absolute atomic E-state index is 10.9. The molecule has 0 aliphatic carbocycles. The van der Waals surface area contributed by atoms with Crippen molar-refractivity contribution in [3.8, 4) is 11.4 Å². The van der Waals surface area contributed by atoms with Crippen LogP contribution in [-0.4, -0.2) is 20.1 Å². The second-order valence-electron chi connectivity index (χ2n) is 8.77. The van der Waals surface area contributed by atoms with Gasteiger partial charge in [-0.25, -0.2) is 0 Å². The Labute approximate surface area is 149 Å². The molecule has 0 aliphatic rings. The number of rotatable bonds is 1. The number of aromatic nitrogens is 3. The van der Waals surface area contributed by atoms with Gasteiger partial charge in [-0.1, -0.05) is 53.7 Å². The molecular formula is C21H27N3O. The molecule has 132 valence electrons. The number of benzene rings is 2. The highest BCUT2D eigenvalue weighted by molar-refractivity contribution is 5.74. The molecule has 3 rings (SSSR count). The number of aromatic hydroxyl groups is 1. The highest BCUT2D eigenvalue weighted by Gasteiger charge is 2.30. The Morgan fingerprint density at radius 1 is 0.880 bits per heavy atom. The molecule has 2 aromatic carbocycles. The molecule has 0 aliphatic heterocycles. The van der Waals surface area contributed by atoms with Crippen molar-refractivity contribution >= 4 is 11.0 Å². The molecule has 0 saturated heterocycles. The van der Waals surface area contributed by atoms with Crippen LogP contribution in [0.2, 0.25) is 0 Å². The summed E-state index contributed by atoms with van der Waals surface area (Å²) in [5.41, 5.74) is 5.52. The molecule has 0 spiro atoms. The molecule has 0 amide bonds. The minimum Gasteiger partial charge on any atom is -0.506 e. The summed E-state index contributed by atoms with van der Waals surface area (Å²) in [7, 11) is 0. The van der Waals surface area contributed by atoms with Crippen LogP contribution in [0, 0.1) is 6.92 Å². The van der Waals surface area contributed by atoms with Gasteiger partial charge in [0.05, 0.1) is 0 Å². The fraction of sp³-hybridized carbons (Fsp3) is 0.429. The lowest BCUT2D eigenvalue weighted by atomic mass is 9.75. The molecule has 1 N–H and O–H groups in total. The van der Waals surface area contributed by atoms with Gasteiger partial charge in [-0.2, -0.15) is 0 Å². The third-order valence-corrected chi connectivity index (χ3v) is 4.58. The number of phenols is 1. The molecule has 0 unspecified atom stereocenters. The smallest absolute Gasteiger partial charge is 0.143 e. The van der Waals surface area contributed by atoms with E-state index in [1.165, 1.54) is 5.56 Å². The molecule has 0 atom stereocenters. The van der Waals surface area contributed by atoms with Gasteiger partial charge >= 0.3 is 0 Å². The van der Waals surface area contributed by atoms with Crippen molar-refractivity contribution in [2.45, 2.75) is 59.3 Å². The summed E-state index contributed by atoms with van der Waals surface area (Å²) in [5, 5.41) is 20.1. The Balaban J connectivity index is 2.38. The van der Waals surface area contributed by atoms with Crippen LogP contribution < -0.4 is 0 Å². The fourth-order valence-corrected chi connectivity index (χ4v) is 3.61. The molecule has 0 fully saturated rings. The normalized spacial score (nSPS) is 12.8. The number of hydrogen-bond acceptors (Lipinski definition) is 3. The van der Waals surface area contributed by atoms with E-state index in [4.69, 9.17) is 0 Å². The first kappa shape index (κ1) is 17.5. The first-order chi connectivity index (χ1) is 11.5. The van der Waals surface area contributed by atoms with E-state index in [2.05, 4.69) is 58.7 Å². The summed E-state index contributed by atoms with van der Waals surface area (Å²) in [6.45, 7) is 15.1. The van der Waals surface area contributed by atoms with Crippen molar-refractivity contribution in [1.29, 1.82) is 0 Å². The lowest BCUT2D eigenvalue weighted by molar-refractivity contribution is 0.455. The Hall–Kier alpha value is -2.36. The molecule has 3 aromatic rings. The van der Waals surface area contributed by atoms with E-state index in [-0.39, 0.29) is 16.6 Å². The van der Waals surface area contributed by atoms with Gasteiger partial charge in [0.1, 0.15) is 22.5 Å². The van der Waals surface area contributed by atoms with E-state index in [9.17, 15) is 5.11 Å². The second-order valence-corrected chi connectivity index (χ2v) is 8.77. The fourth-order valence-electron chi connectivity index (χ4n) is 3.61. The average Bonchev–Trinajstić information content (AvgIpc) is 2.89. The summed E-state index contributed by atoms with van der Waals surface area (Å²) < 4.78 is 0. The minimum atomic E-state index is -0.155. The van der Waals surface area contributed by atoms with Crippen molar-refractivity contribution < 1.29 is 5.11 Å². The van der Waals surface area contributed by atoms with Gasteiger partial charge in [0.25, 0.3) is 0 Å². The average molecular weight is 337 g/mol. The van der Waals surface area contributed by atoms with Crippen LogP contribution in [0.5, 0.6) is 5.75 Å². The van der Waals surface area contributed by atoms with Gasteiger partial charge in [-0.15, -0.1) is 15.0 Å². The van der Waals surface area contributed by atoms with E-state index < -0.39 is 0 Å². The van der Waals surface area contributed by atoms with Crippen LogP contribution in [0.3, 0.4) is 0 Å². The Bertz CT molecular complexity index is 907. The zero-order valence-corrected chi connectivity index (χ0v) is 16.2. The van der Waals surface area contributed by atoms with Crippen molar-refractivity contribution in [1.82, 2.24) is 15.0 Å². The van der Waals surface area contributed by atoms with Gasteiger partial charge in [0.2, 0.25) is 0 Å². The number of phenolic OH excluding ortho intramolecular Hbond substituents is 1. The number of nitrogens with zero attached hydrogens (tertiary/aromatic N) is 3. The number of fused-ring (bicyclic) bond motifs is 1. The first-order valence-corrected chi connectivity index (χ1v) is 8.70. The third-order valence-electron chi connectivity index (χ3n) is 4.58. The summed E-state index contributed by atoms with van der Waals surface area (Å²) in [6, 6.07) is 9.62. The molecule has 1 heterocycles. The third kappa shape index (κ3) is 3.01. The summed E-state index contributed by atoms with van der Waals surface area (Å²) >= 11 is 0. The molecular weight excluding hydrogens is 310 g/mol. The van der Waals surface area contributed by atoms with Gasteiger partial charge < -0.3 is 5.11 Å². The molecule has 4 nitrogen and oxygen atoms in total. The predicted molar refractivity (Wildman–Crippen MR) is 103 cm³/mol. The van der Waals surface area contributed by atoms with Crippen LogP contribution >= 0.6 is 0 Å². The first-order valence-electron chi connectivity index (χ1n) is 8.70. The van der Waals surface area contributed by atoms with Crippen molar-refractivity contribution in [2.75, 3.05) is 0 Å². The van der Waals surface area contributed by atoms with Gasteiger partial charge in [0.15, 0.2) is 0 Å². The van der Waals surface area contributed by atoms with E-state index in [0.29, 0.717) is 5.69 Å². The molecule has 25 heavy (non-hydrogen) atoms. The standard InChI is InChI=1S/C21H27N3O/c1-13-14(20(2,3)4)12-17(25)19(18(13)21(5,6)7)24-22-15-10-8-9-11-16(15)23-24/h8-12,25H,1-7H3. The van der Waals surface area contributed by atoms with E-state index in [1.54, 1.807) is 4.80 Å². The van der Waals surface area contributed by atoms with Crippen LogP contribution in [0.4, 0.5) is 0 Å². The Morgan fingerprint density at radius 2 is 1.40 bits per heavy atom. The summed E-state index contributed by atoms with van der Waals surface area (Å²) in [4.78, 5) is 1.58. The summed E-state index contributed by atoms with van der Waals surface area (Å²) in [5.74, 6) is 0.223. The van der Waals surface area contributed by atoms with Gasteiger partial charge in [-0.05, 0) is 52.6 Å². The lowest BCUT2D eigenvalue weighted by Crippen LogP contribution is -2.23. The maximum atomic E-state index is 10.9. The zero-order chi connectivity index (χ0) is 18.6. The zero-order valence-electron chi connectivity index (χ0n) is 16.2. The van der Waals surface area contributed by atoms with Gasteiger partial charge in [0, 0.05) is 0 Å². The topological polar surface area (TPSA) is 50.9 Å². The highest BCUT2D eigenvalue weighted by atomic mass is 16.3. The predicted octanol–water partition coefficient (Wildman–Crippen LogP) is 5.03. The Kier molecular flexibility index (Phi) is 3.90. The SMILES string of the molecule is Cc1c(C(C)(C)C)cc(O)c(-n2nc3ccccc3n2)c1C(C)(C)C. The van der Waals surface area contributed by atoms with Crippen molar-refractivity contribution in [2.24, 2.45) is 0 Å². The van der Waals surface area contributed by atoms with Gasteiger partial charge in [-0.3, -0.25) is 0 Å². The van der Waals surface area contributed by atoms with E-state index >= 15 is 0 Å². The van der Waals surface area contributed by atoms with Crippen LogP contribution in [0.1, 0.15) is 58.2 Å². The van der Waals surface area contributed by atoms with Crippen LogP contribution in [-0.2, 0) is 10.8 Å². The number of hydrogen-bond donors (Lipinski definition) is 1. The van der Waals surface area contributed by atoms with Crippen molar-refractivity contribution in [3.05, 3.63) is 47.0 Å². The maximum Gasteiger partial charge on any atom is 0.143 e. The second kappa shape index (κ2) is 5.58. The molecule has 0 radical (unpaired) electrons. The Morgan fingerprint density at radius 3 is 1.84 bits per heavy atom. The molecule has 0 saturated carbocycles. The molecule has 0 bridgehead atoms. The van der Waals surface area contributed by atoms with Crippen LogP contribution in [0.25, 0.3) is 16.7 Å².